The Hall–Kier alpha value is -1.48. The maximum atomic E-state index is 11.6. The molecule has 16 heavy (non-hydrogen) atoms. The molecule has 1 aromatic carbocycles. The normalized spacial score (nSPS) is 10.7. The summed E-state index contributed by atoms with van der Waals surface area (Å²) in [5.41, 5.74) is 2.74. The lowest BCUT2D eigenvalue weighted by atomic mass is 10.0. The van der Waals surface area contributed by atoms with E-state index in [1.54, 1.807) is 6.92 Å². The molecule has 0 aliphatic carbocycles. The Kier molecular flexibility index (Phi) is 2.64. The predicted octanol–water partition coefficient (Wildman–Crippen LogP) is 3.42. The van der Waals surface area contributed by atoms with E-state index in [0.29, 0.717) is 5.56 Å². The van der Waals surface area contributed by atoms with Gasteiger partial charge in [0.1, 0.15) is 0 Å². The molecule has 0 unspecified atom stereocenters. The number of pyridine rings is 1. The first-order valence-electron chi connectivity index (χ1n) is 5.12. The number of hydrogen-bond acceptors (Lipinski definition) is 2. The van der Waals surface area contributed by atoms with Gasteiger partial charge in [-0.15, -0.1) is 0 Å². The number of aromatic nitrogens is 1. The van der Waals surface area contributed by atoms with Crippen molar-refractivity contribution in [2.75, 3.05) is 0 Å². The topological polar surface area (TPSA) is 22.0 Å². The van der Waals surface area contributed by atoms with E-state index in [4.69, 9.17) is 12.2 Å². The lowest BCUT2D eigenvalue weighted by Gasteiger charge is -2.10. The van der Waals surface area contributed by atoms with Crippen LogP contribution >= 0.6 is 12.2 Å². The van der Waals surface area contributed by atoms with E-state index in [9.17, 15) is 4.79 Å². The van der Waals surface area contributed by atoms with Crippen LogP contribution in [0, 0.1) is 11.4 Å². The Morgan fingerprint density at radius 3 is 2.69 bits per heavy atom. The van der Waals surface area contributed by atoms with Gasteiger partial charge in [0, 0.05) is 29.7 Å². The van der Waals surface area contributed by atoms with Gasteiger partial charge in [-0.3, -0.25) is 4.79 Å². The lowest BCUT2D eigenvalue weighted by Crippen LogP contribution is -2.00. The highest BCUT2D eigenvalue weighted by Gasteiger charge is 2.09. The molecule has 0 saturated carbocycles. The van der Waals surface area contributed by atoms with Crippen molar-refractivity contribution in [3.8, 4) is 0 Å². The molecule has 82 valence electrons. The summed E-state index contributed by atoms with van der Waals surface area (Å²) in [6.45, 7) is 3.55. The number of rotatable bonds is 1. The number of aryl methyl sites for hydroxylation is 2. The standard InChI is InChI=1S/C13H13NOS/c1-8-7-14(3)11-6-4-5-10(9(2)15)12(11)13(8)16/h4-7H,1-3H3. The SMILES string of the molecule is CC(=O)c1cccc2c1c(=S)c(C)cn2C. The van der Waals surface area contributed by atoms with Gasteiger partial charge in [-0.25, -0.2) is 0 Å². The largest absolute Gasteiger partial charge is 0.350 e. The third kappa shape index (κ3) is 1.57. The number of ketones is 1. The highest BCUT2D eigenvalue weighted by atomic mass is 32.1. The van der Waals surface area contributed by atoms with E-state index in [2.05, 4.69) is 0 Å². The average molecular weight is 231 g/mol. The van der Waals surface area contributed by atoms with Crippen molar-refractivity contribution in [3.05, 3.63) is 40.0 Å². The molecule has 0 amide bonds. The number of carbonyl (C=O) groups excluding carboxylic acids is 1. The van der Waals surface area contributed by atoms with Crippen molar-refractivity contribution < 1.29 is 4.79 Å². The molecule has 3 heteroatoms. The molecule has 0 atom stereocenters. The van der Waals surface area contributed by atoms with Crippen molar-refractivity contribution >= 4 is 28.9 Å². The Morgan fingerprint density at radius 2 is 2.06 bits per heavy atom. The Balaban J connectivity index is 3.07. The van der Waals surface area contributed by atoms with E-state index >= 15 is 0 Å². The molecule has 0 bridgehead atoms. The van der Waals surface area contributed by atoms with Gasteiger partial charge < -0.3 is 4.57 Å². The summed E-state index contributed by atoms with van der Waals surface area (Å²) in [5, 5.41) is 0.896. The summed E-state index contributed by atoms with van der Waals surface area (Å²) in [6, 6.07) is 5.71. The molecule has 0 aliphatic heterocycles. The molecule has 0 spiro atoms. The molecule has 2 aromatic rings. The summed E-state index contributed by atoms with van der Waals surface area (Å²) in [6.07, 6.45) is 1.99. The summed E-state index contributed by atoms with van der Waals surface area (Å²) in [5.74, 6) is 0.0577. The average Bonchev–Trinajstić information content (AvgIpc) is 2.25. The van der Waals surface area contributed by atoms with Crippen LogP contribution in [-0.2, 0) is 7.05 Å². The minimum Gasteiger partial charge on any atom is -0.350 e. The summed E-state index contributed by atoms with van der Waals surface area (Å²) < 4.78 is 2.78. The third-order valence-corrected chi connectivity index (χ3v) is 3.30. The zero-order valence-electron chi connectivity index (χ0n) is 9.57. The summed E-state index contributed by atoms with van der Waals surface area (Å²) in [4.78, 5) is 11.6. The van der Waals surface area contributed by atoms with Gasteiger partial charge in [-0.05, 0) is 25.5 Å². The van der Waals surface area contributed by atoms with Gasteiger partial charge in [-0.1, -0.05) is 24.4 Å². The number of nitrogens with zero attached hydrogens (tertiary/aromatic N) is 1. The number of benzene rings is 1. The second-order valence-corrected chi connectivity index (χ2v) is 4.42. The van der Waals surface area contributed by atoms with Crippen LogP contribution in [0.5, 0.6) is 0 Å². The fourth-order valence-corrected chi connectivity index (χ4v) is 2.25. The van der Waals surface area contributed by atoms with E-state index < -0.39 is 0 Å². The molecule has 0 saturated heterocycles. The van der Waals surface area contributed by atoms with Gasteiger partial charge in [-0.2, -0.15) is 0 Å². The molecule has 0 N–H and O–H groups in total. The van der Waals surface area contributed by atoms with E-state index in [-0.39, 0.29) is 5.78 Å². The van der Waals surface area contributed by atoms with E-state index in [0.717, 1.165) is 21.0 Å². The monoisotopic (exact) mass is 231 g/mol. The summed E-state index contributed by atoms with van der Waals surface area (Å²) >= 11 is 5.40. The number of carbonyl (C=O) groups is 1. The highest BCUT2D eigenvalue weighted by molar-refractivity contribution is 7.71. The first-order valence-corrected chi connectivity index (χ1v) is 5.53. The van der Waals surface area contributed by atoms with Crippen LogP contribution in [0.25, 0.3) is 10.9 Å². The fraction of sp³-hybridized carbons (Fsp3) is 0.231. The molecule has 2 nitrogen and oxygen atoms in total. The Labute approximate surface area is 99.5 Å². The van der Waals surface area contributed by atoms with Crippen molar-refractivity contribution in [2.24, 2.45) is 7.05 Å². The van der Waals surface area contributed by atoms with Crippen molar-refractivity contribution in [1.82, 2.24) is 4.57 Å². The third-order valence-electron chi connectivity index (χ3n) is 2.77. The van der Waals surface area contributed by atoms with Crippen LogP contribution in [0.1, 0.15) is 22.8 Å². The molecule has 0 aliphatic rings. The van der Waals surface area contributed by atoms with Gasteiger partial charge in [0.25, 0.3) is 0 Å². The van der Waals surface area contributed by atoms with Crippen LogP contribution < -0.4 is 0 Å². The number of fused-ring (bicyclic) bond motifs is 1. The minimum atomic E-state index is 0.0577. The van der Waals surface area contributed by atoms with E-state index in [1.807, 2.05) is 42.9 Å². The predicted molar refractivity (Wildman–Crippen MR) is 68.5 cm³/mol. The maximum Gasteiger partial charge on any atom is 0.160 e. The fourth-order valence-electron chi connectivity index (χ4n) is 1.98. The molecular weight excluding hydrogens is 218 g/mol. The Morgan fingerprint density at radius 1 is 1.38 bits per heavy atom. The number of hydrogen-bond donors (Lipinski definition) is 0. The first kappa shape index (κ1) is 11.0. The molecule has 0 fully saturated rings. The highest BCUT2D eigenvalue weighted by Crippen LogP contribution is 2.22. The van der Waals surface area contributed by atoms with Gasteiger partial charge in [0.05, 0.1) is 4.51 Å². The second kappa shape index (κ2) is 3.83. The zero-order valence-corrected chi connectivity index (χ0v) is 10.4. The quantitative estimate of drug-likeness (QED) is 0.554. The van der Waals surface area contributed by atoms with Crippen LogP contribution in [-0.4, -0.2) is 10.4 Å². The van der Waals surface area contributed by atoms with Crippen molar-refractivity contribution in [1.29, 1.82) is 0 Å². The lowest BCUT2D eigenvalue weighted by molar-refractivity contribution is 0.101. The molecular formula is C13H13NOS. The first-order chi connectivity index (χ1) is 7.52. The molecule has 2 rings (SSSR count). The number of Topliss-reactive ketones (excluding diaryl/α,β-unsaturated/α-hetero) is 1. The maximum absolute atomic E-state index is 11.6. The van der Waals surface area contributed by atoms with Crippen LogP contribution in [0.4, 0.5) is 0 Å². The second-order valence-electron chi connectivity index (χ2n) is 4.01. The van der Waals surface area contributed by atoms with Crippen LogP contribution in [0.15, 0.2) is 24.4 Å². The summed E-state index contributed by atoms with van der Waals surface area (Å²) in [7, 11) is 1.97. The van der Waals surface area contributed by atoms with Crippen molar-refractivity contribution in [2.45, 2.75) is 13.8 Å². The van der Waals surface area contributed by atoms with Gasteiger partial charge in [0.15, 0.2) is 5.78 Å². The molecule has 1 aromatic heterocycles. The van der Waals surface area contributed by atoms with Crippen LogP contribution in [0.3, 0.4) is 0 Å². The molecule has 0 radical (unpaired) electrons. The van der Waals surface area contributed by atoms with E-state index in [1.165, 1.54) is 0 Å². The van der Waals surface area contributed by atoms with Gasteiger partial charge >= 0.3 is 0 Å². The minimum absolute atomic E-state index is 0.0577. The van der Waals surface area contributed by atoms with Gasteiger partial charge in [0.2, 0.25) is 0 Å². The van der Waals surface area contributed by atoms with Crippen LogP contribution in [0.2, 0.25) is 0 Å². The molecule has 1 heterocycles. The zero-order chi connectivity index (χ0) is 11.9. The van der Waals surface area contributed by atoms with Crippen molar-refractivity contribution in [3.63, 3.8) is 0 Å². The Bertz CT molecular complexity index is 640. The smallest absolute Gasteiger partial charge is 0.160 e.